The van der Waals surface area contributed by atoms with Crippen LogP contribution in [0, 0.1) is 5.92 Å². The van der Waals surface area contributed by atoms with Gasteiger partial charge in [0.05, 0.1) is 17.2 Å². The van der Waals surface area contributed by atoms with Gasteiger partial charge in [-0.15, -0.1) is 4.40 Å². The van der Waals surface area contributed by atoms with Crippen LogP contribution in [0.2, 0.25) is 10.0 Å². The number of rotatable bonds is 9. The fraction of sp³-hybridized carbons (Fsp3) is 0.259. The van der Waals surface area contributed by atoms with E-state index in [1.54, 1.807) is 12.1 Å². The maximum Gasteiger partial charge on any atom is 0.285 e. The third kappa shape index (κ3) is 8.28. The van der Waals surface area contributed by atoms with Crippen LogP contribution in [-0.2, 0) is 20.2 Å². The van der Waals surface area contributed by atoms with Crippen LogP contribution in [-0.4, -0.2) is 52.6 Å². The summed E-state index contributed by atoms with van der Waals surface area (Å²) in [5.41, 5.74) is 2.47. The highest BCUT2D eigenvalue weighted by Gasteiger charge is 2.33. The molecule has 3 aromatic carbocycles. The molecule has 4 rings (SSSR count). The molecule has 218 valence electrons. The Bertz CT molecular complexity index is 1630. The fourth-order valence-electron chi connectivity index (χ4n) is 4.23. The van der Waals surface area contributed by atoms with Gasteiger partial charge in [-0.25, -0.2) is 10.1 Å². The van der Waals surface area contributed by atoms with E-state index in [4.69, 9.17) is 33.4 Å². The van der Waals surface area contributed by atoms with Crippen LogP contribution in [0.3, 0.4) is 0 Å². The molecule has 4 N–H and O–H groups in total. The van der Waals surface area contributed by atoms with Crippen molar-refractivity contribution in [3.05, 3.63) is 100 Å². The zero-order valence-corrected chi connectivity index (χ0v) is 25.4. The molecule has 1 aliphatic heterocycles. The Morgan fingerprint density at radius 2 is 1.56 bits per heavy atom. The number of hydrazone groups is 1. The van der Waals surface area contributed by atoms with Gasteiger partial charge in [-0.1, -0.05) is 79.5 Å². The Morgan fingerprint density at radius 3 is 2.12 bits per heavy atom. The van der Waals surface area contributed by atoms with E-state index in [0.29, 0.717) is 15.8 Å². The first kappa shape index (κ1) is 30.9. The normalized spacial score (nSPS) is 17.0. The van der Waals surface area contributed by atoms with Crippen LogP contribution in [0.5, 0.6) is 0 Å². The topological polar surface area (TPSA) is 146 Å². The summed E-state index contributed by atoms with van der Waals surface area (Å²) < 4.78 is 56.8. The van der Waals surface area contributed by atoms with Crippen LogP contribution < -0.4 is 15.2 Å². The van der Waals surface area contributed by atoms with Crippen LogP contribution in [0.25, 0.3) is 0 Å². The summed E-state index contributed by atoms with van der Waals surface area (Å²) in [6.07, 6.45) is 0. The van der Waals surface area contributed by atoms with E-state index in [-0.39, 0.29) is 35.8 Å². The number of halogens is 2. The smallest absolute Gasteiger partial charge is 0.285 e. The number of nitrogens with zero attached hydrogens (tertiary/aromatic N) is 3. The molecular weight excluding hydrogens is 607 g/mol. The zero-order chi connectivity index (χ0) is 29.8. The summed E-state index contributed by atoms with van der Waals surface area (Å²) in [5, 5.41) is 15.5. The van der Waals surface area contributed by atoms with Gasteiger partial charge < -0.3 is 5.32 Å². The first-order chi connectivity index (χ1) is 19.3. The lowest BCUT2D eigenvalue weighted by Crippen LogP contribution is -2.50. The number of guanidine groups is 1. The lowest BCUT2D eigenvalue weighted by molar-refractivity contribution is 0.417. The van der Waals surface area contributed by atoms with Crippen molar-refractivity contribution < 1.29 is 16.8 Å². The second-order valence-corrected chi connectivity index (χ2v) is 13.6. The SMILES string of the molecule is CC(C)[C@H](CN/C(=N\S(=O)(=O)c1ccc(Cl)cc1)N1C[C@H](c2ccccc2)C(c2ccc(Cl)cc2)=N1)NS(N)(=O)=O. The molecule has 10 nitrogen and oxygen atoms in total. The molecule has 2 atom stereocenters. The van der Waals surface area contributed by atoms with Crippen LogP contribution in [0.4, 0.5) is 0 Å². The highest BCUT2D eigenvalue weighted by atomic mass is 35.5. The van der Waals surface area contributed by atoms with Crippen molar-refractivity contribution in [1.82, 2.24) is 15.0 Å². The Balaban J connectivity index is 1.77. The number of nitrogens with two attached hydrogens (primary N) is 1. The molecule has 1 aliphatic rings. The van der Waals surface area contributed by atoms with E-state index >= 15 is 0 Å². The minimum absolute atomic E-state index is 0.0125. The fourth-order valence-corrected chi connectivity index (χ4v) is 6.23. The van der Waals surface area contributed by atoms with Crippen LogP contribution in [0.15, 0.2) is 93.3 Å². The lowest BCUT2D eigenvalue weighted by atomic mass is 9.91. The van der Waals surface area contributed by atoms with Crippen molar-refractivity contribution in [2.24, 2.45) is 20.6 Å². The van der Waals surface area contributed by atoms with Crippen molar-refractivity contribution in [3.63, 3.8) is 0 Å². The molecule has 1 heterocycles. The van der Waals surface area contributed by atoms with Gasteiger partial charge in [0, 0.05) is 28.5 Å². The molecule has 0 saturated heterocycles. The maximum atomic E-state index is 13.4. The molecule has 14 heteroatoms. The molecule has 0 spiro atoms. The average molecular weight is 638 g/mol. The minimum atomic E-state index is -4.21. The summed E-state index contributed by atoms with van der Waals surface area (Å²) in [5.74, 6) is -0.489. The van der Waals surface area contributed by atoms with Crippen molar-refractivity contribution in [2.75, 3.05) is 13.1 Å². The van der Waals surface area contributed by atoms with E-state index in [1.807, 2.05) is 56.3 Å². The molecule has 41 heavy (non-hydrogen) atoms. The van der Waals surface area contributed by atoms with Gasteiger partial charge in [-0.05, 0) is 53.4 Å². The molecule has 0 fully saturated rings. The highest BCUT2D eigenvalue weighted by Crippen LogP contribution is 2.30. The minimum Gasteiger partial charge on any atom is -0.352 e. The molecule has 0 aliphatic carbocycles. The standard InChI is InChI=1S/C27H30Cl2N6O4S2/c1-18(2)25(33-41(30,38)39)16-31-27(34-40(36,37)23-14-12-22(29)13-15-23)35-17-24(19-6-4-3-5-7-19)26(32-35)20-8-10-21(28)11-9-20/h3-15,18,24-25,33H,16-17H2,1-2H3,(H,31,34)(H2,30,38,39)/t24-,25+/m1/s1. The second-order valence-electron chi connectivity index (χ2n) is 9.78. The zero-order valence-electron chi connectivity index (χ0n) is 22.3. The van der Waals surface area contributed by atoms with Crippen molar-refractivity contribution in [3.8, 4) is 0 Å². The predicted octanol–water partition coefficient (Wildman–Crippen LogP) is 3.95. The quantitative estimate of drug-likeness (QED) is 0.239. The molecule has 3 aromatic rings. The third-order valence-corrected chi connectivity index (χ3v) is 8.84. The van der Waals surface area contributed by atoms with Crippen molar-refractivity contribution in [2.45, 2.75) is 30.7 Å². The van der Waals surface area contributed by atoms with Gasteiger partial charge in [-0.2, -0.15) is 26.7 Å². The van der Waals surface area contributed by atoms with E-state index in [0.717, 1.165) is 11.1 Å². The third-order valence-electron chi connectivity index (χ3n) is 6.42. The molecule has 0 aromatic heterocycles. The van der Waals surface area contributed by atoms with Crippen molar-refractivity contribution in [1.29, 1.82) is 0 Å². The first-order valence-corrected chi connectivity index (χ1v) is 16.4. The summed E-state index contributed by atoms with van der Waals surface area (Å²) in [6.45, 7) is 3.87. The molecule has 0 radical (unpaired) electrons. The first-order valence-electron chi connectivity index (χ1n) is 12.6. The van der Waals surface area contributed by atoms with Gasteiger partial charge in [0.2, 0.25) is 5.96 Å². The van der Waals surface area contributed by atoms with Gasteiger partial charge in [0.25, 0.3) is 20.2 Å². The van der Waals surface area contributed by atoms with E-state index in [1.165, 1.54) is 29.3 Å². The highest BCUT2D eigenvalue weighted by molar-refractivity contribution is 7.90. The van der Waals surface area contributed by atoms with Crippen LogP contribution >= 0.6 is 23.2 Å². The summed E-state index contributed by atoms with van der Waals surface area (Å²) in [4.78, 5) is -0.0648. The Morgan fingerprint density at radius 1 is 0.976 bits per heavy atom. The molecule has 0 amide bonds. The number of nitrogens with one attached hydrogen (secondary N) is 2. The Hall–Kier alpha value is -3.00. The number of hydrogen-bond donors (Lipinski definition) is 3. The summed E-state index contributed by atoms with van der Waals surface area (Å²) in [7, 11) is -8.23. The molecule has 0 bridgehead atoms. The van der Waals surface area contributed by atoms with Gasteiger partial charge in [-0.3, -0.25) is 0 Å². The number of benzene rings is 3. The maximum absolute atomic E-state index is 13.4. The van der Waals surface area contributed by atoms with Gasteiger partial charge >= 0.3 is 0 Å². The van der Waals surface area contributed by atoms with Crippen molar-refractivity contribution >= 4 is 55.1 Å². The second kappa shape index (κ2) is 12.9. The van der Waals surface area contributed by atoms with Gasteiger partial charge in [0.15, 0.2) is 0 Å². The molecule has 0 saturated carbocycles. The largest absolute Gasteiger partial charge is 0.352 e. The molecular formula is C27H30Cl2N6O4S2. The summed E-state index contributed by atoms with van der Waals surface area (Å²) in [6, 6.07) is 21.9. The lowest BCUT2D eigenvalue weighted by Gasteiger charge is -2.25. The predicted molar refractivity (Wildman–Crippen MR) is 163 cm³/mol. The van der Waals surface area contributed by atoms with Crippen LogP contribution in [0.1, 0.15) is 30.9 Å². The Kier molecular flexibility index (Phi) is 9.73. The summed E-state index contributed by atoms with van der Waals surface area (Å²) >= 11 is 12.1. The van der Waals surface area contributed by atoms with Gasteiger partial charge in [0.1, 0.15) is 0 Å². The van der Waals surface area contributed by atoms with E-state index < -0.39 is 26.3 Å². The Labute approximate surface area is 250 Å². The monoisotopic (exact) mass is 636 g/mol. The van der Waals surface area contributed by atoms with E-state index in [2.05, 4.69) is 14.4 Å². The molecule has 0 unspecified atom stereocenters. The average Bonchev–Trinajstić information content (AvgIpc) is 3.36. The number of sulfonamides is 1. The van der Waals surface area contributed by atoms with E-state index in [9.17, 15) is 16.8 Å². The number of hydrogen-bond acceptors (Lipinski definition) is 5.